The molecule has 1 amide bonds. The number of nitrogens with zero attached hydrogens (tertiary/aromatic N) is 1. The number of benzene rings is 2. The third kappa shape index (κ3) is 6.73. The van der Waals surface area contributed by atoms with Crippen LogP contribution in [-0.2, 0) is 27.3 Å². The van der Waals surface area contributed by atoms with Gasteiger partial charge in [-0.15, -0.1) is 0 Å². The first kappa shape index (κ1) is 27.7. The van der Waals surface area contributed by atoms with Crippen molar-refractivity contribution < 1.29 is 35.9 Å². The first-order valence-corrected chi connectivity index (χ1v) is 10.6. The van der Waals surface area contributed by atoms with Crippen molar-refractivity contribution in [2.24, 2.45) is 5.73 Å². The molecule has 2 rings (SSSR count). The lowest BCUT2D eigenvalue weighted by Gasteiger charge is -2.35. The number of carbonyl (C=O) groups excluding carboxylic acids is 1. The van der Waals surface area contributed by atoms with E-state index in [2.05, 4.69) is 0 Å². The minimum Gasteiger partial charge on any atom is -0.373 e. The molecule has 4 nitrogen and oxygen atoms in total. The first-order chi connectivity index (χ1) is 15.7. The van der Waals surface area contributed by atoms with Crippen molar-refractivity contribution in [3.05, 3.63) is 70.8 Å². The highest BCUT2D eigenvalue weighted by Gasteiger charge is 2.38. The highest BCUT2D eigenvalue weighted by Crippen LogP contribution is 2.39. The summed E-state index contributed by atoms with van der Waals surface area (Å²) in [6, 6.07) is 10.4. The maximum absolute atomic E-state index is 13.2. The van der Waals surface area contributed by atoms with Gasteiger partial charge in [-0.2, -0.15) is 26.3 Å². The van der Waals surface area contributed by atoms with Crippen molar-refractivity contribution in [1.29, 1.82) is 0 Å². The highest BCUT2D eigenvalue weighted by molar-refractivity contribution is 5.77. The van der Waals surface area contributed by atoms with Gasteiger partial charge in [0, 0.05) is 18.9 Å². The molecule has 2 aromatic carbocycles. The molecular weight excluding hydrogens is 462 g/mol. The second-order valence-corrected chi connectivity index (χ2v) is 8.24. The van der Waals surface area contributed by atoms with Gasteiger partial charge in [-0.1, -0.05) is 37.3 Å². The fraction of sp³-hybridized carbons (Fsp3) is 0.458. The molecule has 0 spiro atoms. The van der Waals surface area contributed by atoms with E-state index in [0.717, 1.165) is 5.56 Å². The zero-order valence-corrected chi connectivity index (χ0v) is 19.1. The van der Waals surface area contributed by atoms with Gasteiger partial charge in [0.1, 0.15) is 0 Å². The lowest BCUT2D eigenvalue weighted by Crippen LogP contribution is -2.41. The maximum Gasteiger partial charge on any atom is 0.416 e. The van der Waals surface area contributed by atoms with Gasteiger partial charge in [-0.05, 0) is 42.7 Å². The van der Waals surface area contributed by atoms with E-state index in [4.69, 9.17) is 10.5 Å². The average molecular weight is 490 g/mol. The molecule has 34 heavy (non-hydrogen) atoms. The van der Waals surface area contributed by atoms with Crippen LogP contribution < -0.4 is 5.73 Å². The van der Waals surface area contributed by atoms with E-state index in [9.17, 15) is 31.1 Å². The summed E-state index contributed by atoms with van der Waals surface area (Å²) in [5.41, 5.74) is 2.40. The van der Waals surface area contributed by atoms with Gasteiger partial charge in [0.15, 0.2) is 0 Å². The fourth-order valence-electron chi connectivity index (χ4n) is 3.58. The number of amides is 1. The number of carbonyl (C=O) groups is 1. The molecule has 0 aliphatic carbocycles. The summed E-state index contributed by atoms with van der Waals surface area (Å²) in [5.74, 6) is -0.261. The molecule has 0 aliphatic heterocycles. The normalized spacial score (nSPS) is 15.0. The lowest BCUT2D eigenvalue weighted by atomic mass is 9.75. The molecule has 0 fully saturated rings. The summed E-state index contributed by atoms with van der Waals surface area (Å²) >= 11 is 0. The first-order valence-electron chi connectivity index (χ1n) is 10.6. The van der Waals surface area contributed by atoms with E-state index in [0.29, 0.717) is 18.6 Å². The van der Waals surface area contributed by atoms with Crippen molar-refractivity contribution in [1.82, 2.24) is 4.90 Å². The van der Waals surface area contributed by atoms with Crippen molar-refractivity contribution >= 4 is 5.91 Å². The van der Waals surface area contributed by atoms with Crippen LogP contribution in [0.15, 0.2) is 48.5 Å². The monoisotopic (exact) mass is 490 g/mol. The molecule has 0 saturated carbocycles. The number of alkyl halides is 6. The summed E-state index contributed by atoms with van der Waals surface area (Å²) in [7, 11) is 1.54. The Morgan fingerprint density at radius 2 is 1.50 bits per heavy atom. The predicted octanol–water partition coefficient (Wildman–Crippen LogP) is 5.91. The number of halogens is 6. The third-order valence-corrected chi connectivity index (χ3v) is 5.94. The van der Waals surface area contributed by atoms with Crippen LogP contribution in [0.5, 0.6) is 0 Å². The number of rotatable bonds is 9. The second-order valence-electron chi connectivity index (χ2n) is 8.24. The minimum absolute atomic E-state index is 0.00429. The highest BCUT2D eigenvalue weighted by atomic mass is 19.4. The Balaban J connectivity index is 2.41. The van der Waals surface area contributed by atoms with Gasteiger partial charge in [0.05, 0.1) is 30.5 Å². The smallest absolute Gasteiger partial charge is 0.373 e. The molecular formula is C24H28F6N2O2. The molecule has 0 heterocycles. The lowest BCUT2D eigenvalue weighted by molar-refractivity contribution is -0.143. The van der Waals surface area contributed by atoms with Crippen LogP contribution in [0.3, 0.4) is 0 Å². The molecule has 188 valence electrons. The zero-order valence-electron chi connectivity index (χ0n) is 19.1. The van der Waals surface area contributed by atoms with Crippen LogP contribution in [0.2, 0.25) is 0 Å². The van der Waals surface area contributed by atoms with Crippen molar-refractivity contribution in [2.45, 2.75) is 50.6 Å². The molecule has 2 N–H and O–H groups in total. The van der Waals surface area contributed by atoms with Crippen LogP contribution >= 0.6 is 0 Å². The topological polar surface area (TPSA) is 55.6 Å². The van der Waals surface area contributed by atoms with Crippen LogP contribution in [0.25, 0.3) is 0 Å². The third-order valence-electron chi connectivity index (χ3n) is 5.94. The molecule has 0 aliphatic rings. The summed E-state index contributed by atoms with van der Waals surface area (Å²) < 4.78 is 85.3. The van der Waals surface area contributed by atoms with Gasteiger partial charge >= 0.3 is 12.4 Å². The predicted molar refractivity (Wildman–Crippen MR) is 116 cm³/mol. The van der Waals surface area contributed by atoms with Crippen molar-refractivity contribution in [3.8, 4) is 0 Å². The van der Waals surface area contributed by atoms with E-state index in [-0.39, 0.29) is 37.2 Å². The van der Waals surface area contributed by atoms with E-state index < -0.39 is 35.0 Å². The summed E-state index contributed by atoms with van der Waals surface area (Å²) in [6.45, 7) is 3.11. The Morgan fingerprint density at radius 1 is 0.971 bits per heavy atom. The molecule has 2 atom stereocenters. The molecule has 0 saturated heterocycles. The van der Waals surface area contributed by atoms with E-state index >= 15 is 0 Å². The van der Waals surface area contributed by atoms with Crippen LogP contribution in [-0.4, -0.2) is 31.1 Å². The zero-order chi connectivity index (χ0) is 25.7. The Kier molecular flexibility index (Phi) is 8.76. The largest absolute Gasteiger partial charge is 0.416 e. The number of nitrogens with two attached hydrogens (primary N) is 1. The van der Waals surface area contributed by atoms with E-state index in [1.807, 2.05) is 6.92 Å². The minimum atomic E-state index is -4.95. The van der Waals surface area contributed by atoms with Crippen LogP contribution in [0, 0.1) is 0 Å². The Bertz CT molecular complexity index is 930. The Labute approximate surface area is 194 Å². The van der Waals surface area contributed by atoms with Gasteiger partial charge in [-0.3, -0.25) is 4.79 Å². The molecule has 0 radical (unpaired) electrons. The summed E-state index contributed by atoms with van der Waals surface area (Å²) in [4.78, 5) is 14.0. The van der Waals surface area contributed by atoms with Gasteiger partial charge < -0.3 is 15.4 Å². The van der Waals surface area contributed by atoms with Gasteiger partial charge in [0.2, 0.25) is 5.91 Å². The van der Waals surface area contributed by atoms with Gasteiger partial charge in [-0.25, -0.2) is 0 Å². The van der Waals surface area contributed by atoms with Crippen molar-refractivity contribution in [2.75, 3.05) is 20.3 Å². The molecule has 2 aromatic rings. The molecule has 0 unspecified atom stereocenters. The van der Waals surface area contributed by atoms with Crippen LogP contribution in [0.1, 0.15) is 55.0 Å². The van der Waals surface area contributed by atoms with Crippen molar-refractivity contribution in [3.63, 3.8) is 0 Å². The summed E-state index contributed by atoms with van der Waals surface area (Å²) in [5, 5.41) is 0. The number of ether oxygens (including phenoxy) is 1. The quantitative estimate of drug-likeness (QED) is 0.351. The van der Waals surface area contributed by atoms with Gasteiger partial charge in [0.25, 0.3) is 0 Å². The fourth-order valence-corrected chi connectivity index (χ4v) is 3.58. The van der Waals surface area contributed by atoms with Crippen LogP contribution in [0.4, 0.5) is 26.3 Å². The SMILES string of the molecule is CC[C@](CO[C@H](C)c1cc(C(F)(F)F)cc(C(F)(F)F)c1)(CC(=O)N(C)CN)c1ccccc1. The Hall–Kier alpha value is -2.59. The van der Waals surface area contributed by atoms with E-state index in [1.54, 1.807) is 37.4 Å². The standard InChI is InChI=1S/C24H28F6N2O2/c1-4-22(13-21(33)32(3)15-31,18-8-6-5-7-9-18)14-34-16(2)17-10-19(23(25,26)27)12-20(11-17)24(28,29)30/h5-12,16H,4,13-15,31H2,1-3H3/t16-,22-/m1/s1. The molecule has 0 bridgehead atoms. The molecule has 10 heteroatoms. The Morgan fingerprint density at radius 3 is 1.94 bits per heavy atom. The second kappa shape index (κ2) is 10.8. The number of hydrogen-bond donors (Lipinski definition) is 1. The molecule has 0 aromatic heterocycles. The maximum atomic E-state index is 13.2. The van der Waals surface area contributed by atoms with E-state index in [1.165, 1.54) is 11.8 Å². The number of hydrogen-bond acceptors (Lipinski definition) is 3. The average Bonchev–Trinajstić information content (AvgIpc) is 2.80. The summed E-state index contributed by atoms with van der Waals surface area (Å²) in [6.07, 6.45) is -10.6.